The summed E-state index contributed by atoms with van der Waals surface area (Å²) in [6.45, 7) is 0. The maximum Gasteiger partial charge on any atom is 0.160 e. The average molecular weight is 597 g/mol. The van der Waals surface area contributed by atoms with Crippen LogP contribution in [0.4, 0.5) is 0 Å². The summed E-state index contributed by atoms with van der Waals surface area (Å²) in [5, 5.41) is -1.32. The third-order valence-corrected chi connectivity index (χ3v) is 7.75. The van der Waals surface area contributed by atoms with Gasteiger partial charge in [0, 0.05) is 43.7 Å². The summed E-state index contributed by atoms with van der Waals surface area (Å²) in [6, 6.07) is -8.61. The lowest BCUT2D eigenvalue weighted by Gasteiger charge is -2.11. The molecule has 0 atom stereocenters. The molecule has 0 N–H and O–H groups in total. The van der Waals surface area contributed by atoms with E-state index in [0.717, 1.165) is 4.57 Å². The predicted octanol–water partition coefficient (Wildman–Crippen LogP) is 11.4. The number of furan rings is 1. The molecule has 10 rings (SSSR count). The second kappa shape index (κ2) is 9.22. The molecule has 3 heteroatoms. The smallest absolute Gasteiger partial charge is 0.160 e. The maximum atomic E-state index is 9.26. The van der Waals surface area contributed by atoms with Crippen molar-refractivity contribution in [2.75, 3.05) is 0 Å². The van der Waals surface area contributed by atoms with Gasteiger partial charge in [-0.05, 0) is 65.6 Å². The highest BCUT2D eigenvalue weighted by Crippen LogP contribution is 2.40. The topological polar surface area (TPSA) is 23.0 Å². The first-order valence-corrected chi connectivity index (χ1v) is 13.6. The highest BCUT2D eigenvalue weighted by atomic mass is 16.3. The van der Waals surface area contributed by atoms with Gasteiger partial charge in [-0.25, -0.2) is 0 Å². The minimum absolute atomic E-state index is 0.0745. The van der Waals surface area contributed by atoms with E-state index in [1.54, 1.807) is 0 Å². The molecule has 0 spiro atoms. The third-order valence-electron chi connectivity index (χ3n) is 7.75. The number of para-hydroxylation sites is 4. The molecular weight excluding hydrogens is 548 g/mol. The molecule has 0 unspecified atom stereocenters. The van der Waals surface area contributed by atoms with E-state index in [1.165, 1.54) is 28.8 Å². The lowest BCUT2D eigenvalue weighted by molar-refractivity contribution is 0.671. The van der Waals surface area contributed by atoms with E-state index >= 15 is 0 Å². The molecule has 0 radical (unpaired) electrons. The Balaban J connectivity index is 1.26. The molecule has 0 saturated carbocycles. The van der Waals surface area contributed by atoms with E-state index in [4.69, 9.17) is 27.7 Å². The first-order valence-electron chi connectivity index (χ1n) is 24.6. The van der Waals surface area contributed by atoms with Crippen molar-refractivity contribution in [1.82, 2.24) is 9.13 Å². The van der Waals surface area contributed by atoms with Gasteiger partial charge in [0.2, 0.25) is 0 Å². The molecule has 7 aromatic carbocycles. The van der Waals surface area contributed by atoms with Crippen LogP contribution < -0.4 is 0 Å². The van der Waals surface area contributed by atoms with E-state index in [9.17, 15) is 6.85 Å². The molecule has 3 aromatic heterocycles. The van der Waals surface area contributed by atoms with Gasteiger partial charge in [0.1, 0.15) is 5.58 Å². The molecule has 3 heterocycles. The van der Waals surface area contributed by atoms with Crippen LogP contribution in [0.2, 0.25) is 0 Å². The Labute approximate surface area is 289 Å². The van der Waals surface area contributed by atoms with Gasteiger partial charge in [0.15, 0.2) is 5.58 Å². The van der Waals surface area contributed by atoms with Crippen LogP contribution in [0.1, 0.15) is 30.2 Å². The summed E-state index contributed by atoms with van der Waals surface area (Å²) in [4.78, 5) is 0. The Bertz CT molecular complexity index is 3890. The lowest BCUT2D eigenvalue weighted by atomic mass is 10.0. The monoisotopic (exact) mass is 596 g/mol. The van der Waals surface area contributed by atoms with Gasteiger partial charge in [0.25, 0.3) is 0 Å². The Morgan fingerprint density at radius 1 is 0.400 bits per heavy atom. The van der Waals surface area contributed by atoms with E-state index in [-0.39, 0.29) is 71.3 Å². The Morgan fingerprint density at radius 3 is 1.60 bits per heavy atom. The summed E-state index contributed by atoms with van der Waals surface area (Å²) in [7, 11) is 0. The van der Waals surface area contributed by atoms with Crippen molar-refractivity contribution >= 4 is 65.6 Å². The van der Waals surface area contributed by atoms with Gasteiger partial charge in [-0.2, -0.15) is 0 Å². The Morgan fingerprint density at radius 2 is 0.933 bits per heavy atom. The largest absolute Gasteiger partial charge is 0.454 e. The zero-order chi connectivity index (χ0) is 48.6. The van der Waals surface area contributed by atoms with Crippen LogP contribution in [-0.2, 0) is 0 Å². The van der Waals surface area contributed by atoms with Gasteiger partial charge in [-0.3, -0.25) is 0 Å². The second-order valence-corrected chi connectivity index (χ2v) is 10.1. The van der Waals surface area contributed by atoms with Crippen molar-refractivity contribution in [2.45, 2.75) is 0 Å². The second-order valence-electron chi connectivity index (χ2n) is 10.1. The van der Waals surface area contributed by atoms with Crippen molar-refractivity contribution in [3.8, 4) is 22.5 Å². The molecule has 45 heavy (non-hydrogen) atoms. The molecule has 0 fully saturated rings. The van der Waals surface area contributed by atoms with E-state index in [2.05, 4.69) is 0 Å². The normalized spacial score (nSPS) is 18.8. The van der Waals surface area contributed by atoms with Crippen molar-refractivity contribution < 1.29 is 34.6 Å². The first kappa shape index (κ1) is 11.5. The van der Waals surface area contributed by atoms with Crippen LogP contribution in [0.25, 0.3) is 88.1 Å². The number of hydrogen-bond donors (Lipinski definition) is 0. The number of benzene rings is 7. The fraction of sp³-hybridized carbons (Fsp3) is 0. The maximum absolute atomic E-state index is 9.26. The number of hydrogen-bond acceptors (Lipinski definition) is 1. The molecule has 0 aliphatic rings. The molecule has 3 nitrogen and oxygen atoms in total. The summed E-state index contributed by atoms with van der Waals surface area (Å²) in [6.07, 6.45) is 0. The Kier molecular flexibility index (Phi) is 2.35. The standard InChI is InChI=1S/C42H26N2O/c1-5-13-37-31(9-1)32-10-2-6-14-38(32)43(37)29-21-17-27(18-22-29)28-19-23-30(24-20-28)44-39-15-7-3-11-33(39)35-25-26-36-34-12-4-8-16-40(34)45-42(36)41(35)44/h1-26H/i1D,2D,3D,4D,5D,6D,7D,8D,9D,10D,11D,12D,13D,14D,15D,16D,17D,18D,21D,22D,25D,26D. The molecule has 0 amide bonds. The number of aromatic nitrogens is 2. The van der Waals surface area contributed by atoms with Crippen LogP contribution >= 0.6 is 0 Å². The minimum Gasteiger partial charge on any atom is -0.454 e. The number of rotatable bonds is 3. The van der Waals surface area contributed by atoms with Gasteiger partial charge >= 0.3 is 0 Å². The lowest BCUT2D eigenvalue weighted by Crippen LogP contribution is -1.95. The fourth-order valence-corrected chi connectivity index (χ4v) is 5.81. The summed E-state index contributed by atoms with van der Waals surface area (Å²) < 4.78 is 201. The quantitative estimate of drug-likeness (QED) is 0.199. The summed E-state index contributed by atoms with van der Waals surface area (Å²) in [5.41, 5.74) is -2.22. The number of nitrogens with zero attached hydrogens (tertiary/aromatic N) is 2. The van der Waals surface area contributed by atoms with E-state index < -0.39 is 150 Å². The molecule has 0 saturated heterocycles. The molecule has 10 aromatic rings. The van der Waals surface area contributed by atoms with Gasteiger partial charge < -0.3 is 13.6 Å². The van der Waals surface area contributed by atoms with Crippen molar-refractivity contribution in [3.63, 3.8) is 0 Å². The SMILES string of the molecule is [2H]c1c([2H])c(-n2c3c([2H])c([2H])c([2H])c([2H])c3c3c([2H])c([2H])c([2H])c([2H])c32)c([2H])c([2H])c1-c1ccc(-n2c3c([2H])c([2H])c([2H])c([2H])c3c3c([2H])c([2H])c4c(oc5c([2H])c([2H])c([2H])c([2H])c54)c32)cc1. The van der Waals surface area contributed by atoms with Crippen LogP contribution in [0.5, 0.6) is 0 Å². The molecule has 210 valence electrons. The minimum atomic E-state index is -0.743. The fourth-order valence-electron chi connectivity index (χ4n) is 5.81. The predicted molar refractivity (Wildman–Crippen MR) is 188 cm³/mol. The zero-order valence-corrected chi connectivity index (χ0v) is 22.6. The van der Waals surface area contributed by atoms with Gasteiger partial charge in [-0.1, -0.05) is 103 Å². The van der Waals surface area contributed by atoms with Crippen LogP contribution in [0, 0.1) is 0 Å². The Hall–Kier alpha value is -6.06. The highest BCUT2D eigenvalue weighted by molar-refractivity contribution is 6.21. The zero-order valence-electron chi connectivity index (χ0n) is 44.6. The molecular formula is C42H26N2O. The van der Waals surface area contributed by atoms with E-state index in [1.807, 2.05) is 0 Å². The van der Waals surface area contributed by atoms with Crippen LogP contribution in [0.3, 0.4) is 0 Å². The van der Waals surface area contributed by atoms with Crippen LogP contribution in [-0.4, -0.2) is 9.13 Å². The third kappa shape index (κ3) is 3.46. The summed E-state index contributed by atoms with van der Waals surface area (Å²) >= 11 is 0. The highest BCUT2D eigenvalue weighted by Gasteiger charge is 2.19. The van der Waals surface area contributed by atoms with Gasteiger partial charge in [-0.15, -0.1) is 0 Å². The first-order chi connectivity index (χ1) is 31.5. The molecule has 0 bridgehead atoms. The summed E-state index contributed by atoms with van der Waals surface area (Å²) in [5.74, 6) is 0. The van der Waals surface area contributed by atoms with Crippen molar-refractivity contribution in [1.29, 1.82) is 0 Å². The molecule has 0 aliphatic carbocycles. The van der Waals surface area contributed by atoms with Crippen molar-refractivity contribution in [2.24, 2.45) is 0 Å². The van der Waals surface area contributed by atoms with Crippen LogP contribution in [0.15, 0.2) is 162 Å². The van der Waals surface area contributed by atoms with Gasteiger partial charge in [0.05, 0.1) is 52.2 Å². The van der Waals surface area contributed by atoms with E-state index in [0.29, 0.717) is 0 Å². The van der Waals surface area contributed by atoms with Crippen molar-refractivity contribution in [3.05, 3.63) is 157 Å². The number of fused-ring (bicyclic) bond motifs is 10. The molecule has 0 aliphatic heterocycles. The average Bonchev–Trinajstić information content (AvgIpc) is 4.00.